The lowest BCUT2D eigenvalue weighted by Crippen LogP contribution is -2.17. The van der Waals surface area contributed by atoms with E-state index in [0.29, 0.717) is 6.61 Å². The molecule has 0 unspecified atom stereocenters. The van der Waals surface area contributed by atoms with Crippen molar-refractivity contribution >= 4 is 0 Å². The van der Waals surface area contributed by atoms with Crippen LogP contribution in [0.2, 0.25) is 0 Å². The van der Waals surface area contributed by atoms with Gasteiger partial charge in [-0.3, -0.25) is 0 Å². The molecule has 4 heteroatoms. The molecular formula is C15H19N3O. The summed E-state index contributed by atoms with van der Waals surface area (Å²) in [6.07, 6.45) is 6.98. The van der Waals surface area contributed by atoms with Crippen molar-refractivity contribution in [3.63, 3.8) is 0 Å². The van der Waals surface area contributed by atoms with Crippen LogP contribution in [0.1, 0.15) is 35.7 Å². The van der Waals surface area contributed by atoms with Gasteiger partial charge in [-0.05, 0) is 42.5 Å². The second-order valence-corrected chi connectivity index (χ2v) is 5.14. The molecule has 19 heavy (non-hydrogen) atoms. The molecule has 0 aliphatic heterocycles. The number of aryl methyl sites for hydroxylation is 2. The fraction of sp³-hybridized carbons (Fsp3) is 0.400. The molecule has 4 nitrogen and oxygen atoms in total. The molecule has 1 atom stereocenters. The van der Waals surface area contributed by atoms with Crippen LogP contribution in [0.4, 0.5) is 0 Å². The lowest BCUT2D eigenvalue weighted by atomic mass is 9.88. The normalized spacial score (nSPS) is 18.1. The monoisotopic (exact) mass is 257 g/mol. The van der Waals surface area contributed by atoms with E-state index in [1.165, 1.54) is 17.5 Å². The molecule has 3 rings (SSSR count). The van der Waals surface area contributed by atoms with E-state index in [1.54, 1.807) is 6.33 Å². The number of aromatic nitrogens is 2. The highest BCUT2D eigenvalue weighted by atomic mass is 16.5. The minimum absolute atomic E-state index is 0.156. The molecule has 100 valence electrons. The maximum atomic E-state index is 6.16. The van der Waals surface area contributed by atoms with Crippen LogP contribution < -0.4 is 10.5 Å². The Hall–Kier alpha value is -1.81. The van der Waals surface area contributed by atoms with Gasteiger partial charge in [0.15, 0.2) is 0 Å². The molecule has 1 heterocycles. The summed E-state index contributed by atoms with van der Waals surface area (Å²) in [6, 6.07) is 6.43. The van der Waals surface area contributed by atoms with Gasteiger partial charge in [-0.25, -0.2) is 4.98 Å². The summed E-state index contributed by atoms with van der Waals surface area (Å²) in [4.78, 5) is 4.08. The van der Waals surface area contributed by atoms with Crippen molar-refractivity contribution in [2.24, 2.45) is 12.8 Å². The first-order valence-corrected chi connectivity index (χ1v) is 6.70. The van der Waals surface area contributed by atoms with Gasteiger partial charge in [0.2, 0.25) is 0 Å². The van der Waals surface area contributed by atoms with E-state index in [0.717, 1.165) is 24.3 Å². The first kappa shape index (κ1) is 12.2. The summed E-state index contributed by atoms with van der Waals surface area (Å²) in [5, 5.41) is 0. The molecule has 2 N–H and O–H groups in total. The van der Waals surface area contributed by atoms with Crippen molar-refractivity contribution in [3.05, 3.63) is 47.5 Å². The van der Waals surface area contributed by atoms with Gasteiger partial charge < -0.3 is 15.0 Å². The van der Waals surface area contributed by atoms with E-state index >= 15 is 0 Å². The first-order valence-electron chi connectivity index (χ1n) is 6.70. The summed E-state index contributed by atoms with van der Waals surface area (Å²) in [5.74, 6) is 0.886. The SMILES string of the molecule is Cn1cncc1COc1ccc2c(c1)[C@H](N)CCC2. The quantitative estimate of drug-likeness (QED) is 0.918. The Morgan fingerprint density at radius 3 is 3.16 bits per heavy atom. The van der Waals surface area contributed by atoms with Gasteiger partial charge in [0.1, 0.15) is 12.4 Å². The van der Waals surface area contributed by atoms with Gasteiger partial charge >= 0.3 is 0 Å². The zero-order valence-corrected chi connectivity index (χ0v) is 11.2. The minimum Gasteiger partial charge on any atom is -0.487 e. The van der Waals surface area contributed by atoms with E-state index in [9.17, 15) is 0 Å². The summed E-state index contributed by atoms with van der Waals surface area (Å²) in [7, 11) is 1.97. The molecule has 0 saturated carbocycles. The molecule has 1 aromatic heterocycles. The second-order valence-electron chi connectivity index (χ2n) is 5.14. The summed E-state index contributed by atoms with van der Waals surface area (Å²) in [6.45, 7) is 0.532. The molecule has 1 aromatic carbocycles. The first-order chi connectivity index (χ1) is 9.24. The van der Waals surface area contributed by atoms with Crippen LogP contribution >= 0.6 is 0 Å². The molecule has 0 bridgehead atoms. The Labute approximate surface area is 113 Å². The van der Waals surface area contributed by atoms with Crippen LogP contribution in [0.25, 0.3) is 0 Å². The van der Waals surface area contributed by atoms with Crippen LogP contribution in [-0.2, 0) is 20.1 Å². The summed E-state index contributed by atoms with van der Waals surface area (Å²) < 4.78 is 7.79. The zero-order valence-electron chi connectivity index (χ0n) is 11.2. The molecular weight excluding hydrogens is 238 g/mol. The van der Waals surface area contributed by atoms with Crippen LogP contribution in [-0.4, -0.2) is 9.55 Å². The Bertz CT molecular complexity index is 577. The third kappa shape index (κ3) is 2.49. The average molecular weight is 257 g/mol. The molecule has 2 aromatic rings. The zero-order chi connectivity index (χ0) is 13.2. The molecule has 0 saturated heterocycles. The topological polar surface area (TPSA) is 53.1 Å². The van der Waals surface area contributed by atoms with Crippen molar-refractivity contribution in [1.82, 2.24) is 9.55 Å². The predicted molar refractivity (Wildman–Crippen MR) is 73.8 cm³/mol. The van der Waals surface area contributed by atoms with Crippen molar-refractivity contribution < 1.29 is 4.74 Å². The molecule has 0 fully saturated rings. The summed E-state index contributed by atoms with van der Waals surface area (Å²) >= 11 is 0. The molecule has 0 spiro atoms. The van der Waals surface area contributed by atoms with E-state index < -0.39 is 0 Å². The maximum absolute atomic E-state index is 6.16. The Morgan fingerprint density at radius 1 is 1.47 bits per heavy atom. The Balaban J connectivity index is 1.75. The Morgan fingerprint density at radius 2 is 2.37 bits per heavy atom. The van der Waals surface area contributed by atoms with Crippen molar-refractivity contribution in [1.29, 1.82) is 0 Å². The second kappa shape index (κ2) is 5.05. The number of nitrogens with zero attached hydrogens (tertiary/aromatic N) is 2. The van der Waals surface area contributed by atoms with Crippen molar-refractivity contribution in [2.45, 2.75) is 31.9 Å². The number of hydrogen-bond donors (Lipinski definition) is 1. The smallest absolute Gasteiger partial charge is 0.130 e. The predicted octanol–water partition coefficient (Wildman–Crippen LogP) is 2.34. The van der Waals surface area contributed by atoms with Crippen LogP contribution in [0.5, 0.6) is 5.75 Å². The molecule has 0 amide bonds. The van der Waals surface area contributed by atoms with Gasteiger partial charge in [0.05, 0.1) is 18.2 Å². The average Bonchev–Trinajstić information content (AvgIpc) is 2.83. The highest BCUT2D eigenvalue weighted by Crippen LogP contribution is 2.31. The van der Waals surface area contributed by atoms with Gasteiger partial charge in [-0.2, -0.15) is 0 Å². The Kier molecular flexibility index (Phi) is 3.25. The third-order valence-corrected chi connectivity index (χ3v) is 3.78. The van der Waals surface area contributed by atoms with Gasteiger partial charge in [-0.15, -0.1) is 0 Å². The molecule has 1 aliphatic carbocycles. The van der Waals surface area contributed by atoms with Crippen LogP contribution in [0.3, 0.4) is 0 Å². The molecule has 0 radical (unpaired) electrons. The third-order valence-electron chi connectivity index (χ3n) is 3.78. The van der Waals surface area contributed by atoms with Crippen LogP contribution in [0, 0.1) is 0 Å². The fourth-order valence-corrected chi connectivity index (χ4v) is 2.58. The van der Waals surface area contributed by atoms with Gasteiger partial charge in [-0.1, -0.05) is 6.07 Å². The standard InChI is InChI=1S/C15H19N3O/c1-18-10-17-8-12(18)9-19-13-6-5-11-3-2-4-15(16)14(11)7-13/h5-8,10,15H,2-4,9,16H2,1H3/t15-/m1/s1. The lowest BCUT2D eigenvalue weighted by molar-refractivity contribution is 0.296. The number of ether oxygens (including phenoxy) is 1. The number of imidazole rings is 1. The number of hydrogen-bond acceptors (Lipinski definition) is 3. The largest absolute Gasteiger partial charge is 0.487 e. The van der Waals surface area contributed by atoms with Crippen molar-refractivity contribution in [3.8, 4) is 5.75 Å². The van der Waals surface area contributed by atoms with Crippen LogP contribution in [0.15, 0.2) is 30.7 Å². The number of nitrogens with two attached hydrogens (primary N) is 1. The van der Waals surface area contributed by atoms with Crippen molar-refractivity contribution in [2.75, 3.05) is 0 Å². The van der Waals surface area contributed by atoms with Gasteiger partial charge in [0, 0.05) is 13.1 Å². The van der Waals surface area contributed by atoms with E-state index in [2.05, 4.69) is 17.1 Å². The van der Waals surface area contributed by atoms with Gasteiger partial charge in [0.25, 0.3) is 0 Å². The van der Waals surface area contributed by atoms with E-state index in [4.69, 9.17) is 10.5 Å². The minimum atomic E-state index is 0.156. The number of rotatable bonds is 3. The highest BCUT2D eigenvalue weighted by molar-refractivity contribution is 5.39. The fourth-order valence-electron chi connectivity index (χ4n) is 2.58. The van der Waals surface area contributed by atoms with E-state index in [-0.39, 0.29) is 6.04 Å². The lowest BCUT2D eigenvalue weighted by Gasteiger charge is -2.22. The molecule has 1 aliphatic rings. The number of fused-ring (bicyclic) bond motifs is 1. The van der Waals surface area contributed by atoms with E-state index in [1.807, 2.05) is 23.9 Å². The maximum Gasteiger partial charge on any atom is 0.130 e. The number of benzene rings is 1. The summed E-state index contributed by atoms with van der Waals surface area (Å²) in [5.41, 5.74) is 9.83. The highest BCUT2D eigenvalue weighted by Gasteiger charge is 2.17.